The van der Waals surface area contributed by atoms with Crippen LogP contribution in [0.1, 0.15) is 24.0 Å². The first-order valence-corrected chi connectivity index (χ1v) is 9.78. The smallest absolute Gasteiger partial charge is 0.248 e. The summed E-state index contributed by atoms with van der Waals surface area (Å²) in [5.41, 5.74) is 1.25. The van der Waals surface area contributed by atoms with Crippen LogP contribution in [0.2, 0.25) is 0 Å². The molecular formula is C16H19N3O3S2. The van der Waals surface area contributed by atoms with Gasteiger partial charge in [-0.25, -0.2) is 18.1 Å². The van der Waals surface area contributed by atoms with E-state index in [1.807, 2.05) is 19.2 Å². The number of benzene rings is 1. The van der Waals surface area contributed by atoms with Gasteiger partial charge in [-0.15, -0.1) is 11.3 Å². The number of rotatable bonds is 7. The summed E-state index contributed by atoms with van der Waals surface area (Å²) < 4.78 is 26.4. The number of carbonyl (C=O) groups excluding carboxylic acids is 1. The van der Waals surface area contributed by atoms with Crippen LogP contribution in [0.25, 0.3) is 6.08 Å². The average Bonchev–Trinajstić information content (AvgIpc) is 2.97. The highest BCUT2D eigenvalue weighted by atomic mass is 32.2. The molecule has 2 N–H and O–H groups in total. The van der Waals surface area contributed by atoms with Crippen molar-refractivity contribution in [2.45, 2.75) is 25.2 Å². The van der Waals surface area contributed by atoms with Gasteiger partial charge < -0.3 is 5.32 Å². The maximum absolute atomic E-state index is 12.0. The van der Waals surface area contributed by atoms with Crippen molar-refractivity contribution < 1.29 is 13.2 Å². The third-order valence-electron chi connectivity index (χ3n) is 3.02. The number of carbonyl (C=O) groups is 1. The average molecular weight is 365 g/mol. The topological polar surface area (TPSA) is 88.2 Å². The van der Waals surface area contributed by atoms with Crippen molar-refractivity contribution in [1.82, 2.24) is 9.71 Å². The minimum absolute atomic E-state index is 0.169. The second-order valence-corrected chi connectivity index (χ2v) is 7.87. The number of thiazole rings is 1. The largest absolute Gasteiger partial charge is 0.323 e. The molecule has 0 aliphatic carbocycles. The van der Waals surface area contributed by atoms with Gasteiger partial charge in [0.25, 0.3) is 0 Å². The zero-order chi connectivity index (χ0) is 17.6. The molecule has 1 aromatic heterocycles. The van der Waals surface area contributed by atoms with Gasteiger partial charge in [-0.05, 0) is 43.7 Å². The zero-order valence-corrected chi connectivity index (χ0v) is 15.1. The number of nitrogens with one attached hydrogen (secondary N) is 2. The molecule has 0 spiro atoms. The van der Waals surface area contributed by atoms with Crippen molar-refractivity contribution in [2.75, 3.05) is 11.9 Å². The van der Waals surface area contributed by atoms with Crippen LogP contribution in [-0.2, 0) is 14.8 Å². The summed E-state index contributed by atoms with van der Waals surface area (Å²) in [6, 6.07) is 6.03. The second-order valence-electron chi connectivity index (χ2n) is 5.04. The Hall–Kier alpha value is -2.03. The van der Waals surface area contributed by atoms with Gasteiger partial charge in [0.2, 0.25) is 15.9 Å². The second kappa shape index (κ2) is 8.18. The lowest BCUT2D eigenvalue weighted by Gasteiger charge is -2.07. The van der Waals surface area contributed by atoms with E-state index in [9.17, 15) is 13.2 Å². The fraction of sp³-hybridized carbons (Fsp3) is 0.250. The number of aryl methyl sites for hydroxylation is 1. The monoisotopic (exact) mass is 365 g/mol. The van der Waals surface area contributed by atoms with Gasteiger partial charge in [0.15, 0.2) is 0 Å². The molecule has 0 atom stereocenters. The van der Waals surface area contributed by atoms with Crippen LogP contribution in [0.15, 0.2) is 40.6 Å². The third kappa shape index (κ3) is 5.26. The highest BCUT2D eigenvalue weighted by Gasteiger charge is 2.12. The Morgan fingerprint density at radius 3 is 2.58 bits per heavy atom. The standard InChI is InChI=1S/C16H19N3O3S2/c1-3-10-17-24(21,22)15-7-4-13(5-8-15)19-16(20)9-6-14-11-23-12(2)18-14/h4-9,11,17H,3,10H2,1-2H3,(H,19,20)/b9-6+. The van der Waals surface area contributed by atoms with Crippen LogP contribution in [-0.4, -0.2) is 25.9 Å². The lowest BCUT2D eigenvalue weighted by Crippen LogP contribution is -2.24. The van der Waals surface area contributed by atoms with Gasteiger partial charge in [-0.2, -0.15) is 0 Å². The van der Waals surface area contributed by atoms with Crippen molar-refractivity contribution in [1.29, 1.82) is 0 Å². The van der Waals surface area contributed by atoms with E-state index in [2.05, 4.69) is 15.0 Å². The summed E-state index contributed by atoms with van der Waals surface area (Å²) in [5, 5.41) is 5.47. The Morgan fingerprint density at radius 1 is 1.29 bits per heavy atom. The summed E-state index contributed by atoms with van der Waals surface area (Å²) >= 11 is 1.51. The number of nitrogens with zero attached hydrogens (tertiary/aromatic N) is 1. The van der Waals surface area contributed by atoms with Crippen LogP contribution in [0.4, 0.5) is 5.69 Å². The number of aromatic nitrogens is 1. The quantitative estimate of drug-likeness (QED) is 0.739. The molecule has 0 aliphatic heterocycles. The van der Waals surface area contributed by atoms with Gasteiger partial charge >= 0.3 is 0 Å². The van der Waals surface area contributed by atoms with Crippen LogP contribution in [0, 0.1) is 6.92 Å². The van der Waals surface area contributed by atoms with Gasteiger partial charge in [0.05, 0.1) is 15.6 Å². The number of hydrogen-bond acceptors (Lipinski definition) is 5. The molecule has 24 heavy (non-hydrogen) atoms. The highest BCUT2D eigenvalue weighted by molar-refractivity contribution is 7.89. The van der Waals surface area contributed by atoms with Crippen molar-refractivity contribution in [3.8, 4) is 0 Å². The number of sulfonamides is 1. The van der Waals surface area contributed by atoms with Crippen molar-refractivity contribution in [2.24, 2.45) is 0 Å². The number of anilines is 1. The summed E-state index contributed by atoms with van der Waals surface area (Å²) in [4.78, 5) is 16.3. The molecule has 2 aromatic rings. The first-order chi connectivity index (χ1) is 11.4. The van der Waals surface area contributed by atoms with Gasteiger partial charge in [-0.3, -0.25) is 4.79 Å². The normalized spacial score (nSPS) is 11.8. The minimum atomic E-state index is -3.50. The summed E-state index contributed by atoms with van der Waals surface area (Å²) in [7, 11) is -3.50. The van der Waals surface area contributed by atoms with E-state index in [4.69, 9.17) is 0 Å². The molecule has 128 valence electrons. The molecule has 1 aromatic carbocycles. The predicted octanol–water partition coefficient (Wildman–Crippen LogP) is 2.79. The van der Waals surface area contributed by atoms with Gasteiger partial charge in [0, 0.05) is 23.7 Å². The molecule has 0 bridgehead atoms. The molecule has 2 rings (SSSR count). The molecule has 8 heteroatoms. The SMILES string of the molecule is CCCNS(=O)(=O)c1ccc(NC(=O)/C=C/c2csc(C)n2)cc1. The Bertz CT molecular complexity index is 825. The predicted molar refractivity (Wildman–Crippen MR) is 96.4 cm³/mol. The van der Waals surface area contributed by atoms with Crippen molar-refractivity contribution >= 4 is 39.0 Å². The van der Waals surface area contributed by atoms with Crippen molar-refractivity contribution in [3.63, 3.8) is 0 Å². The molecule has 1 heterocycles. The Labute approximate surface area is 145 Å². The highest BCUT2D eigenvalue weighted by Crippen LogP contribution is 2.14. The Kier molecular flexibility index (Phi) is 6.24. The molecule has 0 aliphatic rings. The maximum atomic E-state index is 12.0. The lowest BCUT2D eigenvalue weighted by molar-refractivity contribution is -0.111. The first-order valence-electron chi connectivity index (χ1n) is 7.41. The summed E-state index contributed by atoms with van der Waals surface area (Å²) in [5.74, 6) is -0.305. The van der Waals surface area contributed by atoms with Crippen molar-refractivity contribution in [3.05, 3.63) is 46.4 Å². The maximum Gasteiger partial charge on any atom is 0.248 e. The van der Waals surface area contributed by atoms with Crippen LogP contribution >= 0.6 is 11.3 Å². The van der Waals surface area contributed by atoms with E-state index < -0.39 is 10.0 Å². The van der Waals surface area contributed by atoms with Crippen LogP contribution in [0.5, 0.6) is 0 Å². The molecule has 1 amide bonds. The molecule has 0 unspecified atom stereocenters. The van der Waals surface area contributed by atoms with E-state index in [0.717, 1.165) is 17.1 Å². The van der Waals surface area contributed by atoms with Gasteiger partial charge in [0.1, 0.15) is 0 Å². The Balaban J connectivity index is 1.98. The molecular weight excluding hydrogens is 346 g/mol. The summed E-state index contributed by atoms with van der Waals surface area (Å²) in [6.07, 6.45) is 3.74. The molecule has 6 nitrogen and oxygen atoms in total. The van der Waals surface area contributed by atoms with E-state index in [1.165, 1.54) is 29.5 Å². The van der Waals surface area contributed by atoms with E-state index in [0.29, 0.717) is 12.2 Å². The fourth-order valence-corrected chi connectivity index (χ4v) is 3.55. The van der Waals surface area contributed by atoms with Crippen LogP contribution in [0.3, 0.4) is 0 Å². The van der Waals surface area contributed by atoms with Crippen LogP contribution < -0.4 is 10.0 Å². The molecule has 0 fully saturated rings. The zero-order valence-electron chi connectivity index (χ0n) is 13.4. The first kappa shape index (κ1) is 18.3. The molecule has 0 saturated heterocycles. The fourth-order valence-electron chi connectivity index (χ4n) is 1.84. The van der Waals surface area contributed by atoms with E-state index >= 15 is 0 Å². The molecule has 0 saturated carbocycles. The lowest BCUT2D eigenvalue weighted by atomic mass is 10.3. The minimum Gasteiger partial charge on any atom is -0.323 e. The van der Waals surface area contributed by atoms with Gasteiger partial charge in [-0.1, -0.05) is 6.92 Å². The number of amides is 1. The molecule has 0 radical (unpaired) electrons. The van der Waals surface area contributed by atoms with E-state index in [-0.39, 0.29) is 10.8 Å². The number of hydrogen-bond donors (Lipinski definition) is 2. The van der Waals surface area contributed by atoms with E-state index in [1.54, 1.807) is 18.2 Å². The Morgan fingerprint density at radius 2 is 2.00 bits per heavy atom. The summed E-state index contributed by atoms with van der Waals surface area (Å²) in [6.45, 7) is 4.18. The third-order valence-corrected chi connectivity index (χ3v) is 5.29.